The van der Waals surface area contributed by atoms with E-state index >= 15 is 0 Å². The van der Waals surface area contributed by atoms with Crippen LogP contribution in [0.5, 0.6) is 0 Å². The third-order valence-electron chi connectivity index (χ3n) is 5.07. The van der Waals surface area contributed by atoms with Crippen LogP contribution in [0.3, 0.4) is 0 Å². The van der Waals surface area contributed by atoms with Crippen molar-refractivity contribution in [3.05, 3.63) is 71.7 Å². The maximum atomic E-state index is 12.7. The van der Waals surface area contributed by atoms with Gasteiger partial charge in [-0.3, -0.25) is 14.3 Å². The average Bonchev–Trinajstić information content (AvgIpc) is 3.21. The summed E-state index contributed by atoms with van der Waals surface area (Å²) < 4.78 is 43.6. The van der Waals surface area contributed by atoms with Crippen LogP contribution in [0.2, 0.25) is 0 Å². The van der Waals surface area contributed by atoms with E-state index in [2.05, 4.69) is 5.10 Å². The number of ether oxygens (including phenoxy) is 1. The Bertz CT molecular complexity index is 1290. The van der Waals surface area contributed by atoms with Crippen LogP contribution in [-0.4, -0.2) is 53.1 Å². The molecule has 1 atom stereocenters. The number of carbonyl (C=O) groups excluding carboxylic acids is 2. The summed E-state index contributed by atoms with van der Waals surface area (Å²) in [6.07, 6.45) is 0.109. The predicted octanol–water partition coefficient (Wildman–Crippen LogP) is 2.66. The summed E-state index contributed by atoms with van der Waals surface area (Å²) in [5.74, 6) is -1.60. The van der Waals surface area contributed by atoms with Gasteiger partial charge in [0, 0.05) is 19.2 Å². The Morgan fingerprint density at radius 1 is 1.08 bits per heavy atom. The Morgan fingerprint density at radius 2 is 1.67 bits per heavy atom. The molecule has 0 saturated carbocycles. The van der Waals surface area contributed by atoms with E-state index in [0.29, 0.717) is 17.8 Å². The predicted molar refractivity (Wildman–Crippen MR) is 132 cm³/mol. The van der Waals surface area contributed by atoms with Gasteiger partial charge in [-0.1, -0.05) is 12.1 Å². The van der Waals surface area contributed by atoms with Crippen LogP contribution in [0, 0.1) is 5.82 Å². The first-order valence-electron chi connectivity index (χ1n) is 11.1. The zero-order chi connectivity index (χ0) is 27.0. The molecular formula is C25H30FN3O6S. The number of primary amides is 1. The van der Waals surface area contributed by atoms with Gasteiger partial charge in [-0.25, -0.2) is 12.8 Å². The maximum Gasteiger partial charge on any atom is 0.324 e. The molecule has 11 heteroatoms. The van der Waals surface area contributed by atoms with E-state index in [-0.39, 0.29) is 23.4 Å². The number of amides is 1. The number of rotatable bonds is 8. The second-order valence-corrected chi connectivity index (χ2v) is 10.5. The number of esters is 1. The van der Waals surface area contributed by atoms with Gasteiger partial charge in [0.2, 0.25) is 0 Å². The molecule has 0 fully saturated rings. The summed E-state index contributed by atoms with van der Waals surface area (Å²) >= 11 is 0. The Kier molecular flexibility index (Phi) is 9.88. The molecule has 3 aromatic rings. The van der Waals surface area contributed by atoms with E-state index in [0.717, 1.165) is 11.1 Å². The molecule has 9 nitrogen and oxygen atoms in total. The Hall–Kier alpha value is -3.57. The molecular weight excluding hydrogens is 489 g/mol. The average molecular weight is 520 g/mol. The van der Waals surface area contributed by atoms with E-state index in [9.17, 15) is 22.4 Å². The highest BCUT2D eigenvalue weighted by Crippen LogP contribution is 2.20. The summed E-state index contributed by atoms with van der Waals surface area (Å²) in [5, 5.41) is 11.7. The number of hydrogen-bond donors (Lipinski definition) is 2. The SMILES string of the molecule is CC(C)OC(=O)C(C)S(=O)(=O)c1ccc(CCO)cc1.Cn1nc(-c2ccc(F)cc2)cc1C(N)=O. The van der Waals surface area contributed by atoms with Gasteiger partial charge in [0.15, 0.2) is 15.1 Å². The summed E-state index contributed by atoms with van der Waals surface area (Å²) in [4.78, 5) is 22.8. The number of nitrogens with zero attached hydrogens (tertiary/aromatic N) is 2. The Labute approximate surface area is 209 Å². The van der Waals surface area contributed by atoms with Crippen molar-refractivity contribution >= 4 is 21.7 Å². The monoisotopic (exact) mass is 519 g/mol. The number of carbonyl (C=O) groups is 2. The van der Waals surface area contributed by atoms with Crippen LogP contribution in [0.15, 0.2) is 59.5 Å². The van der Waals surface area contributed by atoms with Crippen molar-refractivity contribution in [3.63, 3.8) is 0 Å². The highest BCUT2D eigenvalue weighted by molar-refractivity contribution is 7.92. The molecule has 0 radical (unpaired) electrons. The molecule has 0 aliphatic rings. The van der Waals surface area contributed by atoms with Crippen molar-refractivity contribution in [1.29, 1.82) is 0 Å². The molecule has 0 saturated heterocycles. The first-order chi connectivity index (χ1) is 16.9. The number of hydrogen-bond acceptors (Lipinski definition) is 7. The summed E-state index contributed by atoms with van der Waals surface area (Å²) in [5.41, 5.74) is 7.66. The van der Waals surface area contributed by atoms with E-state index in [1.807, 2.05) is 0 Å². The van der Waals surface area contributed by atoms with Crippen molar-refractivity contribution in [1.82, 2.24) is 9.78 Å². The minimum Gasteiger partial charge on any atom is -0.462 e. The topological polar surface area (TPSA) is 142 Å². The molecule has 36 heavy (non-hydrogen) atoms. The fourth-order valence-corrected chi connectivity index (χ4v) is 4.33. The Morgan fingerprint density at radius 3 is 2.14 bits per heavy atom. The molecule has 194 valence electrons. The first kappa shape index (κ1) is 28.7. The molecule has 0 aliphatic heterocycles. The standard InChI is InChI=1S/C14H20O5S.C11H10FN3O/c1-10(2)19-14(16)11(3)20(17,18)13-6-4-12(5-7-13)8-9-15;1-15-10(11(13)16)6-9(14-15)7-2-4-8(12)5-3-7/h4-7,10-11,15H,8-9H2,1-3H3;2-6H,1H3,(H2,13,16). The van der Waals surface area contributed by atoms with Crippen LogP contribution in [-0.2, 0) is 32.8 Å². The van der Waals surface area contributed by atoms with E-state index < -0.39 is 27.0 Å². The molecule has 0 spiro atoms. The van der Waals surface area contributed by atoms with Crippen LogP contribution in [0.25, 0.3) is 11.3 Å². The first-order valence-corrected chi connectivity index (χ1v) is 12.7. The number of aromatic nitrogens is 2. The molecule has 1 unspecified atom stereocenters. The maximum absolute atomic E-state index is 12.7. The van der Waals surface area contributed by atoms with Crippen LogP contribution < -0.4 is 5.73 Å². The molecule has 3 N–H and O–H groups in total. The van der Waals surface area contributed by atoms with Gasteiger partial charge >= 0.3 is 5.97 Å². The van der Waals surface area contributed by atoms with E-state index in [1.54, 1.807) is 51.2 Å². The minimum atomic E-state index is -3.75. The minimum absolute atomic E-state index is 0.00319. The fourth-order valence-electron chi connectivity index (χ4n) is 3.09. The van der Waals surface area contributed by atoms with Gasteiger partial charge in [-0.15, -0.1) is 0 Å². The Balaban J connectivity index is 0.000000259. The molecule has 1 amide bonds. The zero-order valence-corrected chi connectivity index (χ0v) is 21.3. The zero-order valence-electron chi connectivity index (χ0n) is 20.5. The normalized spacial score (nSPS) is 12.0. The third kappa shape index (κ3) is 7.46. The van der Waals surface area contributed by atoms with Gasteiger partial charge in [0.1, 0.15) is 11.5 Å². The molecule has 0 bridgehead atoms. The van der Waals surface area contributed by atoms with Crippen molar-refractivity contribution in [2.24, 2.45) is 12.8 Å². The molecule has 0 aliphatic carbocycles. The largest absolute Gasteiger partial charge is 0.462 e. The molecule has 2 aromatic carbocycles. The second-order valence-electron chi connectivity index (χ2n) is 8.20. The molecule has 1 aromatic heterocycles. The lowest BCUT2D eigenvalue weighted by atomic mass is 10.1. The lowest BCUT2D eigenvalue weighted by Gasteiger charge is -2.14. The lowest BCUT2D eigenvalue weighted by molar-refractivity contribution is -0.146. The number of aryl methyl sites for hydroxylation is 1. The van der Waals surface area contributed by atoms with Crippen molar-refractivity contribution in [2.75, 3.05) is 6.61 Å². The number of aliphatic hydroxyl groups excluding tert-OH is 1. The van der Waals surface area contributed by atoms with Gasteiger partial charge in [0.05, 0.1) is 16.7 Å². The quantitative estimate of drug-likeness (QED) is 0.436. The summed E-state index contributed by atoms with van der Waals surface area (Å²) in [6, 6.07) is 13.6. The lowest BCUT2D eigenvalue weighted by Crippen LogP contribution is -2.31. The smallest absolute Gasteiger partial charge is 0.324 e. The van der Waals surface area contributed by atoms with Gasteiger partial charge in [-0.05, 0) is 75.2 Å². The summed E-state index contributed by atoms with van der Waals surface area (Å²) in [7, 11) is -2.12. The number of nitrogens with two attached hydrogens (primary N) is 1. The van der Waals surface area contributed by atoms with Crippen LogP contribution in [0.1, 0.15) is 36.8 Å². The van der Waals surface area contributed by atoms with E-state index in [4.69, 9.17) is 15.6 Å². The van der Waals surface area contributed by atoms with Crippen molar-refractivity contribution in [2.45, 2.75) is 43.4 Å². The van der Waals surface area contributed by atoms with Crippen molar-refractivity contribution in [3.8, 4) is 11.3 Å². The van der Waals surface area contributed by atoms with Gasteiger partial charge in [-0.2, -0.15) is 5.10 Å². The highest BCUT2D eigenvalue weighted by Gasteiger charge is 2.31. The van der Waals surface area contributed by atoms with Crippen molar-refractivity contribution < 1.29 is 32.2 Å². The van der Waals surface area contributed by atoms with Gasteiger partial charge < -0.3 is 15.6 Å². The molecule has 1 heterocycles. The number of sulfone groups is 1. The third-order valence-corrected chi connectivity index (χ3v) is 7.13. The van der Waals surface area contributed by atoms with E-state index in [1.165, 1.54) is 35.9 Å². The van der Waals surface area contributed by atoms with Crippen LogP contribution >= 0.6 is 0 Å². The number of halogens is 1. The van der Waals surface area contributed by atoms with Gasteiger partial charge in [0.25, 0.3) is 5.91 Å². The molecule has 3 rings (SSSR count). The number of aliphatic hydroxyl groups is 1. The van der Waals surface area contributed by atoms with Crippen LogP contribution in [0.4, 0.5) is 4.39 Å². The summed E-state index contributed by atoms with van der Waals surface area (Å²) in [6.45, 7) is 4.66. The fraction of sp³-hybridized carbons (Fsp3) is 0.320. The number of benzene rings is 2. The second kappa shape index (κ2) is 12.4. The highest BCUT2D eigenvalue weighted by atomic mass is 32.2.